The highest BCUT2D eigenvalue weighted by atomic mass is 32.2. The maximum Gasteiger partial charge on any atom is 0.240 e. The first kappa shape index (κ1) is 14.2. The van der Waals surface area contributed by atoms with Crippen LogP contribution < -0.4 is 10.5 Å². The molecule has 1 aromatic rings. The van der Waals surface area contributed by atoms with Crippen molar-refractivity contribution in [2.24, 2.45) is 5.73 Å². The van der Waals surface area contributed by atoms with Crippen LogP contribution in [0.5, 0.6) is 0 Å². The van der Waals surface area contributed by atoms with Gasteiger partial charge in [0.15, 0.2) is 0 Å². The highest BCUT2D eigenvalue weighted by Gasteiger charge is 2.16. The molecule has 4 nitrogen and oxygen atoms in total. The molecule has 1 aromatic carbocycles. The average Bonchev–Trinajstić information content (AvgIpc) is 2.34. The Hall–Kier alpha value is -0.910. The summed E-state index contributed by atoms with van der Waals surface area (Å²) in [5.74, 6) is 0. The van der Waals surface area contributed by atoms with E-state index in [0.717, 1.165) is 19.3 Å². The molecule has 0 aliphatic heterocycles. The van der Waals surface area contributed by atoms with Gasteiger partial charge in [-0.25, -0.2) is 13.1 Å². The Kier molecular flexibility index (Phi) is 5.61. The predicted molar refractivity (Wildman–Crippen MR) is 69.0 cm³/mol. The highest BCUT2D eigenvalue weighted by Crippen LogP contribution is 2.14. The third-order valence-corrected chi connectivity index (χ3v) is 4.12. The normalized spacial score (nSPS) is 11.6. The van der Waals surface area contributed by atoms with Crippen molar-refractivity contribution in [3.63, 3.8) is 0 Å². The fraction of sp³-hybridized carbons (Fsp3) is 0.500. The molecule has 0 saturated carbocycles. The molecule has 1 rings (SSSR count). The van der Waals surface area contributed by atoms with Gasteiger partial charge >= 0.3 is 0 Å². The number of unbranched alkanes of at least 4 members (excludes halogenated alkanes) is 2. The molecule has 0 bridgehead atoms. The van der Waals surface area contributed by atoms with E-state index in [1.54, 1.807) is 24.3 Å². The second-order valence-corrected chi connectivity index (χ2v) is 5.65. The maximum absolute atomic E-state index is 12.0. The molecule has 0 aliphatic carbocycles. The Balaban J connectivity index is 2.75. The molecule has 3 N–H and O–H groups in total. The highest BCUT2D eigenvalue weighted by molar-refractivity contribution is 7.89. The molecule has 0 amide bonds. The zero-order valence-electron chi connectivity index (χ0n) is 10.1. The summed E-state index contributed by atoms with van der Waals surface area (Å²) in [7, 11) is -3.41. The van der Waals surface area contributed by atoms with E-state index in [0.29, 0.717) is 17.0 Å². The minimum atomic E-state index is -3.41. The summed E-state index contributed by atoms with van der Waals surface area (Å²) in [5, 5.41) is 0. The van der Waals surface area contributed by atoms with Gasteiger partial charge in [0.2, 0.25) is 10.0 Å². The lowest BCUT2D eigenvalue weighted by Gasteiger charge is -2.09. The predicted octanol–water partition coefficient (Wildman–Crippen LogP) is 1.61. The molecule has 0 saturated heterocycles. The van der Waals surface area contributed by atoms with E-state index in [1.165, 1.54) is 0 Å². The van der Waals surface area contributed by atoms with Crippen LogP contribution in [0.15, 0.2) is 29.2 Å². The lowest BCUT2D eigenvalue weighted by atomic mass is 10.2. The maximum atomic E-state index is 12.0. The Bertz CT molecular complexity index is 444. The summed E-state index contributed by atoms with van der Waals surface area (Å²) in [6.45, 7) is 2.79. The van der Waals surface area contributed by atoms with Crippen LogP contribution in [0.2, 0.25) is 0 Å². The van der Waals surface area contributed by atoms with Crippen LogP contribution in [-0.4, -0.2) is 15.0 Å². The lowest BCUT2D eigenvalue weighted by molar-refractivity contribution is 0.575. The summed E-state index contributed by atoms with van der Waals surface area (Å²) in [6, 6.07) is 6.82. The van der Waals surface area contributed by atoms with Gasteiger partial charge in [-0.15, -0.1) is 0 Å². The number of benzene rings is 1. The van der Waals surface area contributed by atoms with E-state index in [9.17, 15) is 8.42 Å². The number of rotatable bonds is 7. The van der Waals surface area contributed by atoms with Gasteiger partial charge in [-0.2, -0.15) is 0 Å². The molecular weight excluding hydrogens is 236 g/mol. The summed E-state index contributed by atoms with van der Waals surface area (Å²) in [4.78, 5) is 0.291. The minimum Gasteiger partial charge on any atom is -0.326 e. The van der Waals surface area contributed by atoms with E-state index in [2.05, 4.69) is 11.6 Å². The van der Waals surface area contributed by atoms with Crippen molar-refractivity contribution in [2.45, 2.75) is 37.6 Å². The number of nitrogens with two attached hydrogens (primary N) is 1. The zero-order chi connectivity index (χ0) is 12.7. The van der Waals surface area contributed by atoms with Gasteiger partial charge in [0, 0.05) is 13.1 Å². The van der Waals surface area contributed by atoms with Crippen LogP contribution >= 0.6 is 0 Å². The number of sulfonamides is 1. The first-order chi connectivity index (χ1) is 8.11. The van der Waals surface area contributed by atoms with Crippen LogP contribution in [0.4, 0.5) is 0 Å². The number of hydrogen-bond acceptors (Lipinski definition) is 3. The van der Waals surface area contributed by atoms with Gasteiger partial charge in [0.1, 0.15) is 0 Å². The van der Waals surface area contributed by atoms with Crippen molar-refractivity contribution < 1.29 is 8.42 Å². The topological polar surface area (TPSA) is 72.2 Å². The number of nitrogens with one attached hydrogen (secondary N) is 1. The molecule has 5 heteroatoms. The Labute approximate surface area is 103 Å². The van der Waals surface area contributed by atoms with Gasteiger partial charge in [0.05, 0.1) is 4.90 Å². The van der Waals surface area contributed by atoms with Crippen molar-refractivity contribution in [2.75, 3.05) is 6.54 Å². The molecule has 17 heavy (non-hydrogen) atoms. The fourth-order valence-electron chi connectivity index (χ4n) is 1.59. The van der Waals surface area contributed by atoms with Gasteiger partial charge in [-0.05, 0) is 18.1 Å². The molecule has 0 aromatic heterocycles. The Morgan fingerprint density at radius 2 is 1.94 bits per heavy atom. The summed E-state index contributed by atoms with van der Waals surface area (Å²) in [6.07, 6.45) is 2.96. The van der Waals surface area contributed by atoms with Gasteiger partial charge < -0.3 is 5.73 Å². The van der Waals surface area contributed by atoms with Crippen molar-refractivity contribution in [3.8, 4) is 0 Å². The third kappa shape index (κ3) is 4.11. The fourth-order valence-corrected chi connectivity index (χ4v) is 2.92. The number of hydrogen-bond donors (Lipinski definition) is 2. The smallest absolute Gasteiger partial charge is 0.240 e. The summed E-state index contributed by atoms with van der Waals surface area (Å²) >= 11 is 0. The van der Waals surface area contributed by atoms with E-state index in [1.807, 2.05) is 0 Å². The third-order valence-electron chi connectivity index (χ3n) is 2.55. The molecule has 96 valence electrons. The monoisotopic (exact) mass is 256 g/mol. The van der Waals surface area contributed by atoms with E-state index in [4.69, 9.17) is 5.73 Å². The van der Waals surface area contributed by atoms with Crippen molar-refractivity contribution in [3.05, 3.63) is 29.8 Å². The van der Waals surface area contributed by atoms with E-state index >= 15 is 0 Å². The standard InChI is InChI=1S/C12H20N2O2S/c1-2-3-6-9-14-17(15,16)12-8-5-4-7-11(12)10-13/h4-5,7-8,14H,2-3,6,9-10,13H2,1H3. The summed E-state index contributed by atoms with van der Waals surface area (Å²) in [5.41, 5.74) is 6.18. The Morgan fingerprint density at radius 3 is 2.59 bits per heavy atom. The molecule has 0 radical (unpaired) electrons. The second kappa shape index (κ2) is 6.74. The molecule has 0 heterocycles. The molecule has 0 spiro atoms. The van der Waals surface area contributed by atoms with Crippen molar-refractivity contribution in [1.29, 1.82) is 0 Å². The van der Waals surface area contributed by atoms with Crippen LogP contribution in [-0.2, 0) is 16.6 Å². The molecule has 0 atom stereocenters. The lowest BCUT2D eigenvalue weighted by Crippen LogP contribution is -2.26. The minimum absolute atomic E-state index is 0.228. The quantitative estimate of drug-likeness (QED) is 0.728. The van der Waals surface area contributed by atoms with Crippen molar-refractivity contribution in [1.82, 2.24) is 4.72 Å². The molecule has 0 unspecified atom stereocenters. The Morgan fingerprint density at radius 1 is 1.24 bits per heavy atom. The average molecular weight is 256 g/mol. The first-order valence-corrected chi connectivity index (χ1v) is 7.37. The van der Waals surface area contributed by atoms with E-state index in [-0.39, 0.29) is 6.54 Å². The van der Waals surface area contributed by atoms with Gasteiger partial charge in [-0.3, -0.25) is 0 Å². The van der Waals surface area contributed by atoms with Gasteiger partial charge in [0.25, 0.3) is 0 Å². The van der Waals surface area contributed by atoms with E-state index < -0.39 is 10.0 Å². The molecule has 0 aliphatic rings. The van der Waals surface area contributed by atoms with Crippen LogP contribution in [0, 0.1) is 0 Å². The largest absolute Gasteiger partial charge is 0.326 e. The van der Waals surface area contributed by atoms with Crippen LogP contribution in [0.1, 0.15) is 31.7 Å². The first-order valence-electron chi connectivity index (χ1n) is 5.89. The van der Waals surface area contributed by atoms with Crippen LogP contribution in [0.25, 0.3) is 0 Å². The van der Waals surface area contributed by atoms with Crippen molar-refractivity contribution >= 4 is 10.0 Å². The van der Waals surface area contributed by atoms with Gasteiger partial charge in [-0.1, -0.05) is 38.0 Å². The van der Waals surface area contributed by atoms with Crippen LogP contribution in [0.3, 0.4) is 0 Å². The zero-order valence-corrected chi connectivity index (χ0v) is 11.0. The summed E-state index contributed by atoms with van der Waals surface area (Å²) < 4.78 is 26.6. The second-order valence-electron chi connectivity index (χ2n) is 3.92. The molecule has 0 fully saturated rings. The SMILES string of the molecule is CCCCCNS(=O)(=O)c1ccccc1CN. The molecular formula is C12H20N2O2S.